The van der Waals surface area contributed by atoms with Crippen LogP contribution in [-0.2, 0) is 24.9 Å². The molecule has 1 aromatic carbocycles. The van der Waals surface area contributed by atoms with Gasteiger partial charge in [0.25, 0.3) is 0 Å². The van der Waals surface area contributed by atoms with E-state index in [0.717, 1.165) is 13.1 Å². The van der Waals surface area contributed by atoms with Crippen LogP contribution in [0, 0.1) is 5.92 Å². The van der Waals surface area contributed by atoms with Gasteiger partial charge in [-0.05, 0) is 23.6 Å². The number of hydrogen-bond acceptors (Lipinski definition) is 3. The number of nitrogens with zero attached hydrogens (tertiary/aromatic N) is 2. The molecule has 0 aliphatic rings. The number of ether oxygens (including phenoxy) is 1. The summed E-state index contributed by atoms with van der Waals surface area (Å²) in [5.41, 5.74) is 2.49. The van der Waals surface area contributed by atoms with Crippen molar-refractivity contribution in [3.63, 3.8) is 0 Å². The Morgan fingerprint density at radius 1 is 1.04 bits per heavy atom. The molecule has 0 fully saturated rings. The van der Waals surface area contributed by atoms with Gasteiger partial charge in [0.15, 0.2) is 0 Å². The van der Waals surface area contributed by atoms with Crippen molar-refractivity contribution in [2.24, 2.45) is 13.0 Å². The van der Waals surface area contributed by atoms with Crippen molar-refractivity contribution in [2.45, 2.75) is 33.0 Å². The molecule has 0 spiro atoms. The van der Waals surface area contributed by atoms with Crippen LogP contribution >= 0.6 is 0 Å². The fourth-order valence-corrected chi connectivity index (χ4v) is 2.71. The van der Waals surface area contributed by atoms with E-state index in [4.69, 9.17) is 4.74 Å². The van der Waals surface area contributed by atoms with E-state index in [9.17, 15) is 5.11 Å². The number of aliphatic hydroxyl groups is 1. The summed E-state index contributed by atoms with van der Waals surface area (Å²) in [7, 11) is 2.05. The van der Waals surface area contributed by atoms with Crippen LogP contribution in [0.25, 0.3) is 0 Å². The van der Waals surface area contributed by atoms with Crippen LogP contribution in [0.1, 0.15) is 25.1 Å². The standard InChI is InChI=1S/C20H30N2O2/c1-17(2)15-24-16-20(23)14-22(12-18-8-5-4-6-9-18)13-19-10-7-11-21(19)3/h4-11,17,20,23H,12-16H2,1-3H3/t20-/m0/s1. The lowest BCUT2D eigenvalue weighted by Crippen LogP contribution is -2.35. The molecule has 4 heteroatoms. The topological polar surface area (TPSA) is 37.6 Å². The number of rotatable bonds is 10. The summed E-state index contributed by atoms with van der Waals surface area (Å²) in [5, 5.41) is 10.3. The average molecular weight is 330 g/mol. The molecule has 0 unspecified atom stereocenters. The van der Waals surface area contributed by atoms with Crippen molar-refractivity contribution in [3.05, 3.63) is 59.9 Å². The Hall–Kier alpha value is -1.62. The van der Waals surface area contributed by atoms with Crippen LogP contribution in [-0.4, -0.2) is 40.4 Å². The van der Waals surface area contributed by atoms with E-state index < -0.39 is 6.10 Å². The van der Waals surface area contributed by atoms with Crippen molar-refractivity contribution < 1.29 is 9.84 Å². The molecule has 1 aromatic heterocycles. The SMILES string of the molecule is CC(C)COC[C@@H](O)CN(Cc1ccccc1)Cc1cccn1C. The Morgan fingerprint density at radius 3 is 2.42 bits per heavy atom. The van der Waals surface area contributed by atoms with Gasteiger partial charge in [0.05, 0.1) is 12.7 Å². The normalized spacial score (nSPS) is 12.9. The maximum Gasteiger partial charge on any atom is 0.0900 e. The minimum absolute atomic E-state index is 0.386. The summed E-state index contributed by atoms with van der Waals surface area (Å²) in [5.74, 6) is 0.487. The van der Waals surface area contributed by atoms with E-state index in [1.165, 1.54) is 11.3 Å². The van der Waals surface area contributed by atoms with Crippen LogP contribution in [0.2, 0.25) is 0 Å². The third kappa shape index (κ3) is 6.48. The molecule has 0 saturated carbocycles. The molecule has 0 radical (unpaired) electrons. The zero-order valence-corrected chi connectivity index (χ0v) is 15.1. The van der Waals surface area contributed by atoms with Crippen LogP contribution in [0.3, 0.4) is 0 Å². The van der Waals surface area contributed by atoms with Gasteiger partial charge in [-0.15, -0.1) is 0 Å². The second-order valence-electron chi connectivity index (χ2n) is 6.85. The second-order valence-corrected chi connectivity index (χ2v) is 6.85. The van der Waals surface area contributed by atoms with E-state index in [1.807, 2.05) is 6.07 Å². The van der Waals surface area contributed by atoms with Crippen molar-refractivity contribution in [1.82, 2.24) is 9.47 Å². The number of aryl methyl sites for hydroxylation is 1. The van der Waals surface area contributed by atoms with E-state index >= 15 is 0 Å². The molecule has 2 aromatic rings. The van der Waals surface area contributed by atoms with E-state index in [2.05, 4.69) is 73.0 Å². The fourth-order valence-electron chi connectivity index (χ4n) is 2.71. The highest BCUT2D eigenvalue weighted by atomic mass is 16.5. The molecule has 0 saturated heterocycles. The first-order valence-electron chi connectivity index (χ1n) is 8.67. The lowest BCUT2D eigenvalue weighted by molar-refractivity contribution is 0.00525. The molecule has 132 valence electrons. The molecule has 1 heterocycles. The Morgan fingerprint density at radius 2 is 1.79 bits per heavy atom. The van der Waals surface area contributed by atoms with Gasteiger partial charge < -0.3 is 14.4 Å². The summed E-state index contributed by atoms with van der Waals surface area (Å²) >= 11 is 0. The number of aromatic nitrogens is 1. The molecule has 0 aliphatic carbocycles. The fraction of sp³-hybridized carbons (Fsp3) is 0.500. The first kappa shape index (κ1) is 18.7. The molecular formula is C20H30N2O2. The summed E-state index contributed by atoms with van der Waals surface area (Å²) in [6.45, 7) is 7.52. The van der Waals surface area contributed by atoms with Gasteiger partial charge in [-0.25, -0.2) is 0 Å². The minimum atomic E-state index is -0.479. The van der Waals surface area contributed by atoms with Gasteiger partial charge in [0.1, 0.15) is 0 Å². The molecule has 1 N–H and O–H groups in total. The molecule has 4 nitrogen and oxygen atoms in total. The van der Waals surface area contributed by atoms with Crippen molar-refractivity contribution in [2.75, 3.05) is 19.8 Å². The average Bonchev–Trinajstić information content (AvgIpc) is 2.93. The van der Waals surface area contributed by atoms with Crippen molar-refractivity contribution in [1.29, 1.82) is 0 Å². The number of aliphatic hydroxyl groups excluding tert-OH is 1. The van der Waals surface area contributed by atoms with E-state index in [0.29, 0.717) is 25.7 Å². The Kier molecular flexibility index (Phi) is 7.50. The van der Waals surface area contributed by atoms with Gasteiger partial charge >= 0.3 is 0 Å². The van der Waals surface area contributed by atoms with E-state index in [-0.39, 0.29) is 0 Å². The molecule has 0 bridgehead atoms. The zero-order valence-electron chi connectivity index (χ0n) is 15.1. The van der Waals surface area contributed by atoms with Crippen LogP contribution in [0.5, 0.6) is 0 Å². The number of hydrogen-bond donors (Lipinski definition) is 1. The van der Waals surface area contributed by atoms with E-state index in [1.54, 1.807) is 0 Å². The highest BCUT2D eigenvalue weighted by molar-refractivity contribution is 5.15. The van der Waals surface area contributed by atoms with Gasteiger partial charge in [-0.3, -0.25) is 4.90 Å². The van der Waals surface area contributed by atoms with Crippen molar-refractivity contribution in [3.8, 4) is 0 Å². The zero-order chi connectivity index (χ0) is 17.4. The summed E-state index contributed by atoms with van der Waals surface area (Å²) < 4.78 is 7.71. The first-order valence-corrected chi connectivity index (χ1v) is 8.67. The van der Waals surface area contributed by atoms with Gasteiger partial charge in [0, 0.05) is 45.2 Å². The molecular weight excluding hydrogens is 300 g/mol. The maximum absolute atomic E-state index is 10.3. The largest absolute Gasteiger partial charge is 0.389 e. The molecule has 24 heavy (non-hydrogen) atoms. The highest BCUT2D eigenvalue weighted by Gasteiger charge is 2.14. The highest BCUT2D eigenvalue weighted by Crippen LogP contribution is 2.11. The summed E-state index contributed by atoms with van der Waals surface area (Å²) in [4.78, 5) is 2.27. The predicted octanol–water partition coefficient (Wildman–Crippen LogP) is 3.06. The summed E-state index contributed by atoms with van der Waals surface area (Å²) in [6.07, 6.45) is 1.57. The first-order chi connectivity index (χ1) is 11.5. The summed E-state index contributed by atoms with van der Waals surface area (Å²) in [6, 6.07) is 14.6. The minimum Gasteiger partial charge on any atom is -0.389 e. The van der Waals surface area contributed by atoms with Gasteiger partial charge in [-0.2, -0.15) is 0 Å². The quantitative estimate of drug-likeness (QED) is 0.727. The lowest BCUT2D eigenvalue weighted by atomic mass is 10.2. The molecule has 2 rings (SSSR count). The van der Waals surface area contributed by atoms with Gasteiger partial charge in [0.2, 0.25) is 0 Å². The predicted molar refractivity (Wildman–Crippen MR) is 97.6 cm³/mol. The third-order valence-electron chi connectivity index (χ3n) is 3.92. The Labute approximate surface area is 145 Å². The monoisotopic (exact) mass is 330 g/mol. The molecule has 0 amide bonds. The second kappa shape index (κ2) is 9.62. The van der Waals surface area contributed by atoms with Crippen LogP contribution < -0.4 is 0 Å². The Bertz CT molecular complexity index is 580. The van der Waals surface area contributed by atoms with Crippen LogP contribution in [0.4, 0.5) is 0 Å². The third-order valence-corrected chi connectivity index (χ3v) is 3.92. The lowest BCUT2D eigenvalue weighted by Gasteiger charge is -2.25. The van der Waals surface area contributed by atoms with Crippen molar-refractivity contribution >= 4 is 0 Å². The smallest absolute Gasteiger partial charge is 0.0900 e. The van der Waals surface area contributed by atoms with Gasteiger partial charge in [-0.1, -0.05) is 44.2 Å². The van der Waals surface area contributed by atoms with Crippen LogP contribution in [0.15, 0.2) is 48.7 Å². The number of benzene rings is 1. The maximum atomic E-state index is 10.3. The molecule has 0 aliphatic heterocycles. The Balaban J connectivity index is 1.95. The molecule has 1 atom stereocenters.